The molecule has 10 nitrogen and oxygen atoms in total. The molecule has 1 aromatic carbocycles. The van der Waals surface area contributed by atoms with Crippen LogP contribution in [0.2, 0.25) is 0 Å². The predicted octanol–water partition coefficient (Wildman–Crippen LogP) is 4.92. The topological polar surface area (TPSA) is 113 Å². The Balaban J connectivity index is 1.34. The van der Waals surface area contributed by atoms with Crippen molar-refractivity contribution in [3.05, 3.63) is 60.4 Å². The van der Waals surface area contributed by atoms with Crippen molar-refractivity contribution >= 4 is 45.8 Å². The van der Waals surface area contributed by atoms with E-state index in [0.717, 1.165) is 28.5 Å². The number of imidazole rings is 1. The van der Waals surface area contributed by atoms with Gasteiger partial charge in [-0.1, -0.05) is 12.1 Å². The van der Waals surface area contributed by atoms with Gasteiger partial charge in [0, 0.05) is 56.3 Å². The number of nitrogens with one attached hydrogen (secondary N) is 1. The minimum Gasteiger partial charge on any atom is -0.343 e. The van der Waals surface area contributed by atoms with Crippen LogP contribution < -0.4 is 10.2 Å². The van der Waals surface area contributed by atoms with Crippen LogP contribution in [0, 0.1) is 5.82 Å². The molecule has 1 aliphatic carbocycles. The summed E-state index contributed by atoms with van der Waals surface area (Å²) in [5.74, 6) is 0.121. The number of Topliss-reactive ketones (excluding diaryl/α,β-unsaturated/α-hetero) is 1. The zero-order valence-electron chi connectivity index (χ0n) is 24.3. The van der Waals surface area contributed by atoms with Gasteiger partial charge < -0.3 is 19.7 Å². The minimum atomic E-state index is -0.725. The fraction of sp³-hybridized carbons (Fsp3) is 0.375. The van der Waals surface area contributed by atoms with E-state index in [1.165, 1.54) is 6.20 Å². The SMILES string of the molecule is CC(=O)N1CCC2(CC1)C(=O)N(C1CC(=O)C1)c1cc(-c3cc4ncn(C(C)C)c4c(Nc4ccncc4F)n3)ccc12. The highest BCUT2D eigenvalue weighted by molar-refractivity contribution is 6.11. The van der Waals surface area contributed by atoms with E-state index in [-0.39, 0.29) is 35.4 Å². The fourth-order valence-electron chi connectivity index (χ4n) is 6.74. The van der Waals surface area contributed by atoms with Gasteiger partial charge in [-0.15, -0.1) is 0 Å². The molecule has 0 unspecified atom stereocenters. The summed E-state index contributed by atoms with van der Waals surface area (Å²) >= 11 is 0. The number of hydrogen-bond donors (Lipinski definition) is 1. The van der Waals surface area contributed by atoms with Crippen LogP contribution in [0.1, 0.15) is 58.1 Å². The molecule has 43 heavy (non-hydrogen) atoms. The van der Waals surface area contributed by atoms with Gasteiger partial charge in [-0.3, -0.25) is 19.4 Å². The van der Waals surface area contributed by atoms with E-state index in [1.807, 2.05) is 47.6 Å². The molecule has 3 aromatic heterocycles. The quantitative estimate of drug-likeness (QED) is 0.356. The van der Waals surface area contributed by atoms with E-state index in [9.17, 15) is 18.8 Å². The number of piperidine rings is 1. The van der Waals surface area contributed by atoms with Crippen LogP contribution in [0.3, 0.4) is 0 Å². The summed E-state index contributed by atoms with van der Waals surface area (Å²) in [5.41, 5.74) is 4.09. The standard InChI is InChI=1S/C32H32FN7O3/c1-18(2)39-17-35-27-15-26(37-30(29(27)39)36-25-6-9-34-16-24(25)33)20-4-5-23-28(12-20)40(21-13-22(42)14-21)31(43)32(23)7-10-38(11-8-32)19(3)41/h4-6,9,12,15-18,21H,7-8,10-11,13-14H2,1-3H3,(H,34,36,37). The van der Waals surface area contributed by atoms with Crippen LogP contribution in [0.4, 0.5) is 21.6 Å². The average Bonchev–Trinajstić information content (AvgIpc) is 3.50. The van der Waals surface area contributed by atoms with E-state index < -0.39 is 11.2 Å². The molecule has 220 valence electrons. The molecule has 7 rings (SSSR count). The molecular weight excluding hydrogens is 549 g/mol. The zero-order valence-corrected chi connectivity index (χ0v) is 24.3. The lowest BCUT2D eigenvalue weighted by atomic mass is 9.73. The second-order valence-electron chi connectivity index (χ2n) is 12.0. The van der Waals surface area contributed by atoms with Gasteiger partial charge in [0.1, 0.15) is 11.3 Å². The number of rotatable bonds is 5. The molecular formula is C32H32FN7O3. The van der Waals surface area contributed by atoms with Crippen molar-refractivity contribution < 1.29 is 18.8 Å². The molecule has 5 heterocycles. The highest BCUT2D eigenvalue weighted by atomic mass is 19.1. The van der Waals surface area contributed by atoms with Gasteiger partial charge in [0.2, 0.25) is 11.8 Å². The van der Waals surface area contributed by atoms with Crippen molar-refractivity contribution in [2.45, 2.75) is 64.0 Å². The summed E-state index contributed by atoms with van der Waals surface area (Å²) in [6.07, 6.45) is 6.18. The third-order valence-corrected chi connectivity index (χ3v) is 9.18. The van der Waals surface area contributed by atoms with Gasteiger partial charge in [0.25, 0.3) is 0 Å². The van der Waals surface area contributed by atoms with E-state index in [2.05, 4.69) is 15.3 Å². The molecule has 2 amide bonds. The first-order chi connectivity index (χ1) is 20.7. The maximum atomic E-state index is 14.6. The molecule has 0 bridgehead atoms. The Kier molecular flexibility index (Phi) is 6.30. The highest BCUT2D eigenvalue weighted by Crippen LogP contribution is 2.51. The predicted molar refractivity (Wildman–Crippen MR) is 160 cm³/mol. The number of aromatic nitrogens is 4. The number of ketones is 1. The largest absolute Gasteiger partial charge is 0.343 e. The number of carbonyl (C=O) groups excluding carboxylic acids is 3. The van der Waals surface area contributed by atoms with Gasteiger partial charge in [-0.25, -0.2) is 14.4 Å². The Hall–Kier alpha value is -4.67. The lowest BCUT2D eigenvalue weighted by molar-refractivity contribution is -0.134. The maximum Gasteiger partial charge on any atom is 0.238 e. The van der Waals surface area contributed by atoms with E-state index in [1.54, 1.807) is 24.2 Å². The van der Waals surface area contributed by atoms with Crippen LogP contribution in [0.5, 0.6) is 0 Å². The molecule has 3 aliphatic rings. The number of carbonyl (C=O) groups is 3. The molecule has 1 saturated heterocycles. The summed E-state index contributed by atoms with van der Waals surface area (Å²) < 4.78 is 16.6. The second-order valence-corrected chi connectivity index (χ2v) is 12.0. The number of fused-ring (bicyclic) bond motifs is 3. The molecule has 11 heteroatoms. The smallest absolute Gasteiger partial charge is 0.238 e. The van der Waals surface area contributed by atoms with Crippen LogP contribution in [0.25, 0.3) is 22.3 Å². The molecule has 1 spiro atoms. The summed E-state index contributed by atoms with van der Waals surface area (Å²) in [6, 6.07) is 9.32. The molecule has 1 N–H and O–H groups in total. The molecule has 0 radical (unpaired) electrons. The summed E-state index contributed by atoms with van der Waals surface area (Å²) in [7, 11) is 0. The Morgan fingerprint density at radius 3 is 2.56 bits per heavy atom. The first-order valence-electron chi connectivity index (χ1n) is 14.7. The number of likely N-dealkylation sites (tertiary alicyclic amines) is 1. The van der Waals surface area contributed by atoms with Crippen molar-refractivity contribution in [1.29, 1.82) is 0 Å². The lowest BCUT2D eigenvalue weighted by Gasteiger charge is -2.40. The maximum absolute atomic E-state index is 14.6. The number of halogens is 1. The number of amides is 2. The Labute approximate surface area is 247 Å². The van der Waals surface area contributed by atoms with Gasteiger partial charge in [0.05, 0.1) is 40.9 Å². The first kappa shape index (κ1) is 27.2. The summed E-state index contributed by atoms with van der Waals surface area (Å²) in [4.78, 5) is 55.3. The van der Waals surface area contributed by atoms with E-state index >= 15 is 0 Å². The fourth-order valence-corrected chi connectivity index (χ4v) is 6.74. The summed E-state index contributed by atoms with van der Waals surface area (Å²) in [6.45, 7) is 6.66. The monoisotopic (exact) mass is 581 g/mol. The molecule has 4 aromatic rings. The van der Waals surface area contributed by atoms with Crippen molar-refractivity contribution in [3.8, 4) is 11.3 Å². The number of hydrogen-bond acceptors (Lipinski definition) is 7. The number of benzene rings is 1. The zero-order chi connectivity index (χ0) is 30.0. The minimum absolute atomic E-state index is 0.00903. The van der Waals surface area contributed by atoms with Crippen LogP contribution in [0.15, 0.2) is 49.1 Å². The van der Waals surface area contributed by atoms with Gasteiger partial charge in [-0.2, -0.15) is 0 Å². The summed E-state index contributed by atoms with van der Waals surface area (Å²) in [5, 5.41) is 3.15. The van der Waals surface area contributed by atoms with E-state index in [0.29, 0.717) is 55.8 Å². The second kappa shape index (κ2) is 9.96. The van der Waals surface area contributed by atoms with Gasteiger partial charge in [-0.05, 0) is 50.5 Å². The Morgan fingerprint density at radius 1 is 1.12 bits per heavy atom. The lowest BCUT2D eigenvalue weighted by Crippen LogP contribution is -2.54. The van der Waals surface area contributed by atoms with Gasteiger partial charge in [0.15, 0.2) is 11.6 Å². The van der Waals surface area contributed by atoms with Crippen molar-refractivity contribution in [2.24, 2.45) is 0 Å². The molecule has 2 aliphatic heterocycles. The van der Waals surface area contributed by atoms with Crippen molar-refractivity contribution in [1.82, 2.24) is 24.4 Å². The third-order valence-electron chi connectivity index (χ3n) is 9.18. The van der Waals surface area contributed by atoms with Gasteiger partial charge >= 0.3 is 0 Å². The molecule has 2 fully saturated rings. The van der Waals surface area contributed by atoms with Crippen molar-refractivity contribution in [3.63, 3.8) is 0 Å². The third kappa shape index (κ3) is 4.28. The van der Waals surface area contributed by atoms with E-state index in [4.69, 9.17) is 4.98 Å². The Bertz CT molecular complexity index is 1800. The first-order valence-corrected chi connectivity index (χ1v) is 14.7. The van der Waals surface area contributed by atoms with Crippen LogP contribution in [-0.2, 0) is 19.8 Å². The molecule has 0 atom stereocenters. The Morgan fingerprint density at radius 2 is 1.88 bits per heavy atom. The highest BCUT2D eigenvalue weighted by Gasteiger charge is 2.55. The average molecular weight is 582 g/mol. The number of pyridine rings is 2. The van der Waals surface area contributed by atoms with Crippen LogP contribution >= 0.6 is 0 Å². The molecule has 1 saturated carbocycles. The number of nitrogens with zero attached hydrogens (tertiary/aromatic N) is 6. The normalized spacial score (nSPS) is 18.1. The van der Waals surface area contributed by atoms with Crippen molar-refractivity contribution in [2.75, 3.05) is 23.3 Å². The van der Waals surface area contributed by atoms with Crippen LogP contribution in [-0.4, -0.2) is 61.1 Å². The number of anilines is 3.